The van der Waals surface area contributed by atoms with Crippen molar-refractivity contribution in [3.8, 4) is 5.75 Å². The van der Waals surface area contributed by atoms with Gasteiger partial charge in [-0.1, -0.05) is 27.7 Å². The summed E-state index contributed by atoms with van der Waals surface area (Å²) < 4.78 is 5.33. The van der Waals surface area contributed by atoms with Gasteiger partial charge in [-0.05, 0) is 11.8 Å². The third-order valence-corrected chi connectivity index (χ3v) is 2.49. The molecule has 1 aromatic rings. The second-order valence-electron chi connectivity index (χ2n) is 5.31. The van der Waals surface area contributed by atoms with Crippen LogP contribution in [0.2, 0.25) is 0 Å². The molecule has 0 aromatic carbocycles. The van der Waals surface area contributed by atoms with Gasteiger partial charge < -0.3 is 15.4 Å². The van der Waals surface area contributed by atoms with E-state index in [1.54, 1.807) is 7.11 Å². The lowest BCUT2D eigenvalue weighted by atomic mass is 10.1. The van der Waals surface area contributed by atoms with E-state index in [0.717, 1.165) is 18.9 Å². The summed E-state index contributed by atoms with van der Waals surface area (Å²) in [5, 5.41) is 0. The second kappa shape index (κ2) is 6.42. The lowest BCUT2D eigenvalue weighted by Gasteiger charge is -2.28. The number of nitrogens with two attached hydrogens (primary N) is 1. The molecule has 0 aliphatic rings. The van der Waals surface area contributed by atoms with Crippen molar-refractivity contribution >= 4 is 11.6 Å². The smallest absolute Gasteiger partial charge is 0.204 e. The molecule has 5 heteroatoms. The first-order valence-corrected chi connectivity index (χ1v) is 6.35. The SMILES string of the molecule is COc1c(N)ncnc1N(CC(C)C)CC(C)C. The molecule has 0 saturated heterocycles. The number of aromatic nitrogens is 2. The molecule has 102 valence electrons. The molecule has 0 bridgehead atoms. The summed E-state index contributed by atoms with van der Waals surface area (Å²) in [5.74, 6) is 2.83. The van der Waals surface area contributed by atoms with Gasteiger partial charge in [0.05, 0.1) is 7.11 Å². The van der Waals surface area contributed by atoms with Gasteiger partial charge in [0.25, 0.3) is 0 Å². The van der Waals surface area contributed by atoms with E-state index in [4.69, 9.17) is 10.5 Å². The van der Waals surface area contributed by atoms with Crippen LogP contribution >= 0.6 is 0 Å². The van der Waals surface area contributed by atoms with Gasteiger partial charge in [0.1, 0.15) is 6.33 Å². The summed E-state index contributed by atoms with van der Waals surface area (Å²) in [5.41, 5.74) is 5.83. The highest BCUT2D eigenvalue weighted by Gasteiger charge is 2.18. The molecular weight excluding hydrogens is 228 g/mol. The van der Waals surface area contributed by atoms with Crippen molar-refractivity contribution in [3.05, 3.63) is 6.33 Å². The van der Waals surface area contributed by atoms with Crippen LogP contribution in [0, 0.1) is 11.8 Å². The molecule has 0 amide bonds. The summed E-state index contributed by atoms with van der Waals surface area (Å²) in [7, 11) is 1.60. The predicted molar refractivity (Wildman–Crippen MR) is 74.9 cm³/mol. The van der Waals surface area contributed by atoms with Crippen molar-refractivity contribution in [2.45, 2.75) is 27.7 Å². The highest BCUT2D eigenvalue weighted by molar-refractivity contribution is 5.62. The van der Waals surface area contributed by atoms with E-state index in [9.17, 15) is 0 Å². The van der Waals surface area contributed by atoms with Gasteiger partial charge in [-0.2, -0.15) is 0 Å². The Bertz CT molecular complexity index is 369. The lowest BCUT2D eigenvalue weighted by Crippen LogP contribution is -2.32. The first-order chi connectivity index (χ1) is 8.45. The minimum Gasteiger partial charge on any atom is -0.490 e. The van der Waals surface area contributed by atoms with E-state index < -0.39 is 0 Å². The van der Waals surface area contributed by atoms with Crippen molar-refractivity contribution in [1.82, 2.24) is 9.97 Å². The van der Waals surface area contributed by atoms with Crippen LogP contribution in [0.15, 0.2) is 6.33 Å². The van der Waals surface area contributed by atoms with Gasteiger partial charge in [-0.25, -0.2) is 9.97 Å². The van der Waals surface area contributed by atoms with E-state index in [1.807, 2.05) is 0 Å². The molecule has 0 fully saturated rings. The minimum absolute atomic E-state index is 0.389. The van der Waals surface area contributed by atoms with Gasteiger partial charge >= 0.3 is 0 Å². The standard InChI is InChI=1S/C13H24N4O/c1-9(2)6-17(7-10(3)4)13-11(18-5)12(14)15-8-16-13/h8-10H,6-7H2,1-5H3,(H2,14,15,16). The summed E-state index contributed by atoms with van der Waals surface area (Å²) in [4.78, 5) is 10.5. The fourth-order valence-electron chi connectivity index (χ4n) is 1.93. The molecule has 0 saturated carbocycles. The van der Waals surface area contributed by atoms with Crippen LogP contribution in [0.3, 0.4) is 0 Å². The Morgan fingerprint density at radius 3 is 2.17 bits per heavy atom. The van der Waals surface area contributed by atoms with Crippen LogP contribution in [-0.2, 0) is 0 Å². The monoisotopic (exact) mass is 252 g/mol. The lowest BCUT2D eigenvalue weighted by molar-refractivity contribution is 0.410. The van der Waals surface area contributed by atoms with Gasteiger partial charge in [-0.15, -0.1) is 0 Å². The number of anilines is 2. The molecule has 18 heavy (non-hydrogen) atoms. The third kappa shape index (κ3) is 3.75. The molecule has 2 N–H and O–H groups in total. The minimum atomic E-state index is 0.389. The highest BCUT2D eigenvalue weighted by Crippen LogP contribution is 2.30. The Morgan fingerprint density at radius 2 is 1.72 bits per heavy atom. The van der Waals surface area contributed by atoms with Crippen LogP contribution in [0.1, 0.15) is 27.7 Å². The number of rotatable bonds is 6. The van der Waals surface area contributed by atoms with Crippen LogP contribution < -0.4 is 15.4 Å². The fourth-order valence-corrected chi connectivity index (χ4v) is 1.93. The summed E-state index contributed by atoms with van der Waals surface area (Å²) in [6.45, 7) is 10.6. The maximum atomic E-state index is 5.83. The van der Waals surface area contributed by atoms with E-state index in [2.05, 4.69) is 42.6 Å². The van der Waals surface area contributed by atoms with Crippen molar-refractivity contribution in [1.29, 1.82) is 0 Å². The summed E-state index contributed by atoms with van der Waals surface area (Å²) in [6, 6.07) is 0. The van der Waals surface area contributed by atoms with Crippen molar-refractivity contribution < 1.29 is 4.74 Å². The maximum Gasteiger partial charge on any atom is 0.204 e. The van der Waals surface area contributed by atoms with Crippen molar-refractivity contribution in [3.63, 3.8) is 0 Å². The predicted octanol–water partition coefficient (Wildman–Crippen LogP) is 2.19. The number of nitrogen functional groups attached to an aromatic ring is 1. The van der Waals surface area contributed by atoms with Crippen molar-refractivity contribution in [2.24, 2.45) is 11.8 Å². The summed E-state index contributed by atoms with van der Waals surface area (Å²) in [6.07, 6.45) is 1.49. The van der Waals surface area contributed by atoms with Gasteiger partial charge in [-0.3, -0.25) is 0 Å². The van der Waals surface area contributed by atoms with Gasteiger partial charge in [0, 0.05) is 13.1 Å². The molecule has 1 heterocycles. The van der Waals surface area contributed by atoms with Gasteiger partial charge in [0.2, 0.25) is 5.75 Å². The average molecular weight is 252 g/mol. The first kappa shape index (κ1) is 14.5. The van der Waals surface area contributed by atoms with Crippen LogP contribution in [-0.4, -0.2) is 30.2 Å². The second-order valence-corrected chi connectivity index (χ2v) is 5.31. The molecular formula is C13H24N4O. The number of nitrogens with zero attached hydrogens (tertiary/aromatic N) is 3. The number of hydrogen-bond acceptors (Lipinski definition) is 5. The Balaban J connectivity index is 3.07. The molecule has 1 aromatic heterocycles. The molecule has 0 atom stereocenters. The van der Waals surface area contributed by atoms with Crippen LogP contribution in [0.4, 0.5) is 11.6 Å². The molecule has 0 aliphatic carbocycles. The van der Waals surface area contributed by atoms with E-state index in [1.165, 1.54) is 6.33 Å². The van der Waals surface area contributed by atoms with E-state index >= 15 is 0 Å². The topological polar surface area (TPSA) is 64.3 Å². The number of ether oxygens (including phenoxy) is 1. The molecule has 0 aliphatic heterocycles. The molecule has 0 spiro atoms. The quantitative estimate of drug-likeness (QED) is 0.840. The third-order valence-electron chi connectivity index (χ3n) is 2.49. The largest absolute Gasteiger partial charge is 0.490 e. The fraction of sp³-hybridized carbons (Fsp3) is 0.692. The normalized spacial score (nSPS) is 11.1. The van der Waals surface area contributed by atoms with Gasteiger partial charge in [0.15, 0.2) is 11.6 Å². The Hall–Kier alpha value is -1.52. The average Bonchev–Trinajstić information content (AvgIpc) is 2.26. The zero-order chi connectivity index (χ0) is 13.7. The molecule has 0 radical (unpaired) electrons. The zero-order valence-electron chi connectivity index (χ0n) is 12.0. The molecule has 5 nitrogen and oxygen atoms in total. The van der Waals surface area contributed by atoms with Crippen LogP contribution in [0.25, 0.3) is 0 Å². The molecule has 1 rings (SSSR count). The Morgan fingerprint density at radius 1 is 1.17 bits per heavy atom. The maximum absolute atomic E-state index is 5.83. The Kier molecular flexibility index (Phi) is 5.19. The molecule has 0 unspecified atom stereocenters. The number of methoxy groups -OCH3 is 1. The Labute approximate surface area is 109 Å². The first-order valence-electron chi connectivity index (χ1n) is 6.35. The highest BCUT2D eigenvalue weighted by atomic mass is 16.5. The van der Waals surface area contributed by atoms with E-state index in [0.29, 0.717) is 23.4 Å². The zero-order valence-corrected chi connectivity index (χ0v) is 12.0. The number of hydrogen-bond donors (Lipinski definition) is 1. The van der Waals surface area contributed by atoms with E-state index in [-0.39, 0.29) is 0 Å². The van der Waals surface area contributed by atoms with Crippen molar-refractivity contribution in [2.75, 3.05) is 30.8 Å². The summed E-state index contributed by atoms with van der Waals surface area (Å²) >= 11 is 0. The van der Waals surface area contributed by atoms with Crippen LogP contribution in [0.5, 0.6) is 5.75 Å².